The number of hydrogen-bond acceptors (Lipinski definition) is 2. The minimum absolute atomic E-state index is 0.0729. The molecule has 1 N–H and O–H groups in total. The number of carbonyl (C=O) groups excluding carboxylic acids is 1. The highest BCUT2D eigenvalue weighted by atomic mass is 79.9. The van der Waals surface area contributed by atoms with Crippen LogP contribution in [0.4, 0.5) is 0 Å². The molecule has 102 valence electrons. The van der Waals surface area contributed by atoms with E-state index in [0.29, 0.717) is 22.7 Å². The van der Waals surface area contributed by atoms with Crippen LogP contribution in [0, 0.1) is 0 Å². The minimum Gasteiger partial charge on any atom is -0.337 e. The molecule has 19 heavy (non-hydrogen) atoms. The second-order valence-electron chi connectivity index (χ2n) is 5.30. The van der Waals surface area contributed by atoms with E-state index in [2.05, 4.69) is 21.2 Å². The van der Waals surface area contributed by atoms with Gasteiger partial charge < -0.3 is 10.2 Å². The number of fused-ring (bicyclic) bond motifs is 2. The van der Waals surface area contributed by atoms with Crippen molar-refractivity contribution in [3.63, 3.8) is 0 Å². The van der Waals surface area contributed by atoms with Crippen LogP contribution < -0.4 is 5.32 Å². The predicted molar refractivity (Wildman–Crippen MR) is 79.6 cm³/mol. The number of halogens is 2. The molecule has 2 fully saturated rings. The van der Waals surface area contributed by atoms with E-state index in [9.17, 15) is 4.79 Å². The molecule has 0 saturated carbocycles. The number of hydrogen-bond donors (Lipinski definition) is 1. The molecular formula is C14H16BrClN2O. The molecule has 1 aromatic carbocycles. The first-order valence-electron chi connectivity index (χ1n) is 6.64. The fourth-order valence-corrected chi connectivity index (χ4v) is 3.55. The maximum absolute atomic E-state index is 12.6. The Morgan fingerprint density at radius 1 is 1.32 bits per heavy atom. The Kier molecular flexibility index (Phi) is 3.83. The molecule has 0 spiro atoms. The standard InChI is InChI=1S/C14H16BrClN2O/c15-13-4-1-9(16)7-12(13)14(19)18-6-5-10-2-3-11(8-18)17-10/h1,4,7,10-11,17H,2-3,5-6,8H2. The Balaban J connectivity index is 1.81. The third-order valence-corrected chi connectivity index (χ3v) is 4.90. The predicted octanol–water partition coefficient (Wildman–Crippen LogP) is 3.07. The van der Waals surface area contributed by atoms with Crippen LogP contribution in [0.1, 0.15) is 29.6 Å². The Morgan fingerprint density at radius 3 is 2.95 bits per heavy atom. The van der Waals surface area contributed by atoms with Crippen molar-refractivity contribution >= 4 is 33.4 Å². The van der Waals surface area contributed by atoms with Gasteiger partial charge in [0, 0.05) is 34.7 Å². The van der Waals surface area contributed by atoms with Gasteiger partial charge in [-0.15, -0.1) is 0 Å². The highest BCUT2D eigenvalue weighted by Crippen LogP contribution is 2.25. The molecule has 2 bridgehead atoms. The van der Waals surface area contributed by atoms with E-state index < -0.39 is 0 Å². The van der Waals surface area contributed by atoms with Crippen LogP contribution in [0.3, 0.4) is 0 Å². The number of nitrogens with zero attached hydrogens (tertiary/aromatic N) is 1. The molecule has 5 heteroatoms. The number of likely N-dealkylation sites (tertiary alicyclic amines) is 1. The number of carbonyl (C=O) groups is 1. The molecular weight excluding hydrogens is 328 g/mol. The normalized spacial score (nSPS) is 26.3. The molecule has 2 atom stereocenters. The van der Waals surface area contributed by atoms with Crippen molar-refractivity contribution in [2.75, 3.05) is 13.1 Å². The van der Waals surface area contributed by atoms with Crippen molar-refractivity contribution in [3.8, 4) is 0 Å². The van der Waals surface area contributed by atoms with E-state index in [4.69, 9.17) is 11.6 Å². The van der Waals surface area contributed by atoms with Gasteiger partial charge in [-0.1, -0.05) is 11.6 Å². The van der Waals surface area contributed by atoms with Gasteiger partial charge in [0.2, 0.25) is 0 Å². The third kappa shape index (κ3) is 2.81. The molecule has 3 nitrogen and oxygen atoms in total. The molecule has 1 amide bonds. The van der Waals surface area contributed by atoms with E-state index in [1.165, 1.54) is 12.8 Å². The zero-order valence-corrected chi connectivity index (χ0v) is 12.9. The second kappa shape index (κ2) is 5.43. The maximum atomic E-state index is 12.6. The summed E-state index contributed by atoms with van der Waals surface area (Å²) in [6, 6.07) is 6.40. The smallest absolute Gasteiger partial charge is 0.255 e. The molecule has 0 radical (unpaired) electrons. The highest BCUT2D eigenvalue weighted by Gasteiger charge is 2.31. The summed E-state index contributed by atoms with van der Waals surface area (Å²) in [5.74, 6) is 0.0729. The number of amides is 1. The van der Waals surface area contributed by atoms with Gasteiger partial charge in [0.25, 0.3) is 5.91 Å². The van der Waals surface area contributed by atoms with Gasteiger partial charge in [-0.25, -0.2) is 0 Å². The average Bonchev–Trinajstić information content (AvgIpc) is 2.71. The first kappa shape index (κ1) is 13.4. The van der Waals surface area contributed by atoms with Crippen molar-refractivity contribution in [1.82, 2.24) is 10.2 Å². The number of benzene rings is 1. The summed E-state index contributed by atoms with van der Waals surface area (Å²) < 4.78 is 0.810. The van der Waals surface area contributed by atoms with Crippen LogP contribution in [0.15, 0.2) is 22.7 Å². The summed E-state index contributed by atoms with van der Waals surface area (Å²) in [4.78, 5) is 14.6. The van der Waals surface area contributed by atoms with Crippen molar-refractivity contribution in [1.29, 1.82) is 0 Å². The molecule has 2 unspecified atom stereocenters. The van der Waals surface area contributed by atoms with Gasteiger partial charge in [-0.05, 0) is 53.4 Å². The van der Waals surface area contributed by atoms with Crippen LogP contribution >= 0.6 is 27.5 Å². The molecule has 2 aliphatic heterocycles. The summed E-state index contributed by atoms with van der Waals surface area (Å²) in [6.07, 6.45) is 3.46. The molecule has 3 rings (SSSR count). The third-order valence-electron chi connectivity index (χ3n) is 3.97. The summed E-state index contributed by atoms with van der Waals surface area (Å²) >= 11 is 9.43. The monoisotopic (exact) mass is 342 g/mol. The van der Waals surface area contributed by atoms with Crippen molar-refractivity contribution in [2.24, 2.45) is 0 Å². The van der Waals surface area contributed by atoms with E-state index in [1.54, 1.807) is 12.1 Å². The van der Waals surface area contributed by atoms with Crippen LogP contribution in [0.2, 0.25) is 5.02 Å². The van der Waals surface area contributed by atoms with Gasteiger partial charge in [0.05, 0.1) is 5.56 Å². The first-order chi connectivity index (χ1) is 9.13. The minimum atomic E-state index is 0.0729. The van der Waals surface area contributed by atoms with E-state index >= 15 is 0 Å². The van der Waals surface area contributed by atoms with Crippen LogP contribution in [0.25, 0.3) is 0 Å². The Bertz CT molecular complexity index is 508. The molecule has 2 heterocycles. The molecule has 1 aromatic rings. The summed E-state index contributed by atoms with van der Waals surface area (Å²) in [7, 11) is 0. The topological polar surface area (TPSA) is 32.3 Å². The Morgan fingerprint density at radius 2 is 2.11 bits per heavy atom. The largest absolute Gasteiger partial charge is 0.337 e. The van der Waals surface area contributed by atoms with Crippen LogP contribution in [-0.4, -0.2) is 36.0 Å². The summed E-state index contributed by atoms with van der Waals surface area (Å²) in [5, 5.41) is 4.18. The van der Waals surface area contributed by atoms with Crippen molar-refractivity contribution in [3.05, 3.63) is 33.3 Å². The highest BCUT2D eigenvalue weighted by molar-refractivity contribution is 9.10. The van der Waals surface area contributed by atoms with E-state index in [-0.39, 0.29) is 5.91 Å². The number of nitrogens with one attached hydrogen (secondary N) is 1. The fourth-order valence-electron chi connectivity index (χ4n) is 2.96. The lowest BCUT2D eigenvalue weighted by Gasteiger charge is -2.24. The van der Waals surface area contributed by atoms with Crippen molar-refractivity contribution < 1.29 is 4.79 Å². The van der Waals surface area contributed by atoms with Crippen molar-refractivity contribution in [2.45, 2.75) is 31.3 Å². The summed E-state index contributed by atoms with van der Waals surface area (Å²) in [6.45, 7) is 1.63. The molecule has 2 saturated heterocycles. The first-order valence-corrected chi connectivity index (χ1v) is 7.81. The number of rotatable bonds is 1. The lowest BCUT2D eigenvalue weighted by molar-refractivity contribution is 0.0747. The molecule has 0 aliphatic carbocycles. The zero-order chi connectivity index (χ0) is 13.4. The molecule has 2 aliphatic rings. The Hall–Kier alpha value is -0.580. The van der Waals surface area contributed by atoms with Crippen LogP contribution in [0.5, 0.6) is 0 Å². The lowest BCUT2D eigenvalue weighted by Crippen LogP contribution is -2.39. The van der Waals surface area contributed by atoms with Gasteiger partial charge in [0.15, 0.2) is 0 Å². The van der Waals surface area contributed by atoms with Gasteiger partial charge >= 0.3 is 0 Å². The van der Waals surface area contributed by atoms with Gasteiger partial charge in [-0.3, -0.25) is 4.79 Å². The van der Waals surface area contributed by atoms with Gasteiger partial charge in [-0.2, -0.15) is 0 Å². The zero-order valence-electron chi connectivity index (χ0n) is 10.5. The average molecular weight is 344 g/mol. The Labute approximate surface area is 126 Å². The summed E-state index contributed by atoms with van der Waals surface area (Å²) in [5.41, 5.74) is 0.658. The SMILES string of the molecule is O=C(c1cc(Cl)ccc1Br)N1CCC2CCC(C1)N2. The fraction of sp³-hybridized carbons (Fsp3) is 0.500. The maximum Gasteiger partial charge on any atom is 0.255 e. The van der Waals surface area contributed by atoms with Gasteiger partial charge in [0.1, 0.15) is 0 Å². The van der Waals surface area contributed by atoms with E-state index in [0.717, 1.165) is 24.0 Å². The van der Waals surface area contributed by atoms with E-state index in [1.807, 2.05) is 11.0 Å². The lowest BCUT2D eigenvalue weighted by atomic mass is 10.1. The molecule has 0 aromatic heterocycles. The quantitative estimate of drug-likeness (QED) is 0.850. The van der Waals surface area contributed by atoms with Crippen LogP contribution in [-0.2, 0) is 0 Å². The second-order valence-corrected chi connectivity index (χ2v) is 6.59.